The van der Waals surface area contributed by atoms with Crippen molar-refractivity contribution < 1.29 is 4.74 Å². The minimum absolute atomic E-state index is 0.433. The molecular weight excluding hydrogens is 194 g/mol. The number of ether oxygens (including phenoxy) is 1. The Balaban J connectivity index is 1.87. The van der Waals surface area contributed by atoms with E-state index in [1.165, 1.54) is 12.8 Å². The number of rotatable bonds is 6. The zero-order valence-electron chi connectivity index (χ0n) is 8.79. The van der Waals surface area contributed by atoms with Crippen molar-refractivity contribution in [1.82, 2.24) is 5.32 Å². The van der Waals surface area contributed by atoms with Crippen molar-refractivity contribution >= 4 is 11.8 Å². The number of hydrogen-bond donors (Lipinski definition) is 1. The molecule has 3 heteroatoms. The maximum Gasteiger partial charge on any atom is 0.0704 e. The Morgan fingerprint density at radius 2 is 2.43 bits per heavy atom. The molecule has 1 N–H and O–H groups in total. The van der Waals surface area contributed by atoms with Crippen molar-refractivity contribution in [3.63, 3.8) is 0 Å². The van der Waals surface area contributed by atoms with Gasteiger partial charge >= 0.3 is 0 Å². The topological polar surface area (TPSA) is 21.3 Å². The summed E-state index contributed by atoms with van der Waals surface area (Å²) in [6, 6.07) is 0. The Labute approximate surface area is 91.2 Å². The van der Waals surface area contributed by atoms with Crippen LogP contribution in [0.25, 0.3) is 0 Å². The van der Waals surface area contributed by atoms with E-state index >= 15 is 0 Å². The molecule has 0 spiro atoms. The molecule has 2 nitrogen and oxygen atoms in total. The molecule has 1 heterocycles. The predicted octanol–water partition coefficient (Wildman–Crippen LogP) is 1.51. The first-order valence-corrected chi connectivity index (χ1v) is 6.35. The van der Waals surface area contributed by atoms with Gasteiger partial charge in [-0.1, -0.05) is 5.92 Å². The molecule has 0 aromatic heterocycles. The van der Waals surface area contributed by atoms with Crippen LogP contribution in [0, 0.1) is 12.3 Å². The zero-order chi connectivity index (χ0) is 10.2. The quantitative estimate of drug-likeness (QED) is 0.534. The highest BCUT2D eigenvalue weighted by Crippen LogP contribution is 2.17. The van der Waals surface area contributed by atoms with Crippen molar-refractivity contribution in [3.05, 3.63) is 0 Å². The molecular formula is C11H19NOS. The Kier molecular flexibility index (Phi) is 6.09. The summed E-state index contributed by atoms with van der Waals surface area (Å²) in [5.74, 6) is 4.52. The van der Waals surface area contributed by atoms with Crippen LogP contribution in [0.15, 0.2) is 0 Å². The highest BCUT2D eigenvalue weighted by molar-refractivity contribution is 7.99. The fourth-order valence-electron chi connectivity index (χ4n) is 1.57. The Bertz CT molecular complexity index is 190. The monoisotopic (exact) mass is 213 g/mol. The minimum Gasteiger partial charge on any atom is -0.374 e. The van der Waals surface area contributed by atoms with E-state index in [4.69, 9.17) is 11.2 Å². The van der Waals surface area contributed by atoms with Crippen molar-refractivity contribution in [2.45, 2.75) is 32.0 Å². The van der Waals surface area contributed by atoms with Crippen LogP contribution in [0.1, 0.15) is 19.8 Å². The van der Waals surface area contributed by atoms with Crippen LogP contribution < -0.4 is 5.32 Å². The van der Waals surface area contributed by atoms with E-state index in [1.54, 1.807) is 11.8 Å². The molecule has 1 rings (SSSR count). The summed E-state index contributed by atoms with van der Waals surface area (Å²) in [6.07, 6.45) is 8.44. The summed E-state index contributed by atoms with van der Waals surface area (Å²) in [4.78, 5) is 0. The first-order valence-electron chi connectivity index (χ1n) is 5.20. The van der Waals surface area contributed by atoms with E-state index in [1.807, 2.05) is 0 Å². The van der Waals surface area contributed by atoms with Crippen molar-refractivity contribution in [3.8, 4) is 12.3 Å². The molecule has 0 saturated carbocycles. The summed E-state index contributed by atoms with van der Waals surface area (Å²) >= 11 is 1.80. The molecule has 80 valence electrons. The van der Waals surface area contributed by atoms with Gasteiger partial charge in [-0.15, -0.1) is 18.2 Å². The minimum atomic E-state index is 0.433. The predicted molar refractivity (Wildman–Crippen MR) is 62.6 cm³/mol. The first-order chi connectivity index (χ1) is 6.83. The van der Waals surface area contributed by atoms with Crippen LogP contribution in [-0.2, 0) is 4.74 Å². The summed E-state index contributed by atoms with van der Waals surface area (Å²) in [5.41, 5.74) is 0. The van der Waals surface area contributed by atoms with Crippen LogP contribution in [0.3, 0.4) is 0 Å². The van der Waals surface area contributed by atoms with Crippen LogP contribution in [0.2, 0.25) is 0 Å². The molecule has 2 atom stereocenters. The van der Waals surface area contributed by atoms with E-state index in [-0.39, 0.29) is 0 Å². The molecule has 1 saturated heterocycles. The van der Waals surface area contributed by atoms with Crippen LogP contribution in [0.4, 0.5) is 0 Å². The molecule has 0 amide bonds. The van der Waals surface area contributed by atoms with E-state index in [0.717, 1.165) is 24.6 Å². The molecule has 1 aliphatic heterocycles. The first kappa shape index (κ1) is 11.9. The Hall–Kier alpha value is -0.170. The summed E-state index contributed by atoms with van der Waals surface area (Å²) in [5, 5.41) is 3.39. The highest BCUT2D eigenvalue weighted by atomic mass is 32.2. The standard InChI is InChI=1S/C11H19NOS/c1-3-7-14-8-6-12-9-11-5-4-10(2)13-11/h1,10-12H,4-9H2,2H3. The van der Waals surface area contributed by atoms with Crippen LogP contribution in [0.5, 0.6) is 0 Å². The summed E-state index contributed by atoms with van der Waals surface area (Å²) < 4.78 is 5.69. The fourth-order valence-corrected chi connectivity index (χ4v) is 2.12. The van der Waals surface area contributed by atoms with Crippen LogP contribution >= 0.6 is 11.8 Å². The van der Waals surface area contributed by atoms with Gasteiger partial charge < -0.3 is 10.1 Å². The van der Waals surface area contributed by atoms with Crippen molar-refractivity contribution in [1.29, 1.82) is 0 Å². The maximum atomic E-state index is 5.69. The second kappa shape index (κ2) is 7.17. The van der Waals surface area contributed by atoms with Gasteiger partial charge in [-0.3, -0.25) is 0 Å². The van der Waals surface area contributed by atoms with E-state index in [9.17, 15) is 0 Å². The molecule has 0 aliphatic carbocycles. The number of thioether (sulfide) groups is 1. The average Bonchev–Trinajstić information content (AvgIpc) is 2.58. The van der Waals surface area contributed by atoms with Gasteiger partial charge in [0, 0.05) is 18.8 Å². The Morgan fingerprint density at radius 1 is 1.57 bits per heavy atom. The average molecular weight is 213 g/mol. The number of nitrogens with one attached hydrogen (secondary N) is 1. The zero-order valence-corrected chi connectivity index (χ0v) is 9.61. The summed E-state index contributed by atoms with van der Waals surface area (Å²) in [7, 11) is 0. The molecule has 0 radical (unpaired) electrons. The SMILES string of the molecule is C#CCSCCNCC1CCC(C)O1. The van der Waals surface area contributed by atoms with Gasteiger partial charge in [0.2, 0.25) is 0 Å². The molecule has 14 heavy (non-hydrogen) atoms. The van der Waals surface area contributed by atoms with Gasteiger partial charge in [0.15, 0.2) is 0 Å². The molecule has 2 unspecified atom stereocenters. The van der Waals surface area contributed by atoms with Gasteiger partial charge in [-0.05, 0) is 19.8 Å². The van der Waals surface area contributed by atoms with Gasteiger partial charge in [-0.2, -0.15) is 0 Å². The highest BCUT2D eigenvalue weighted by Gasteiger charge is 2.20. The van der Waals surface area contributed by atoms with Gasteiger partial charge in [-0.25, -0.2) is 0 Å². The largest absolute Gasteiger partial charge is 0.374 e. The molecule has 0 bridgehead atoms. The molecule has 1 fully saturated rings. The third-order valence-corrected chi connectivity index (χ3v) is 3.16. The smallest absolute Gasteiger partial charge is 0.0704 e. The van der Waals surface area contributed by atoms with Crippen molar-refractivity contribution in [2.24, 2.45) is 0 Å². The number of terminal acetylenes is 1. The lowest BCUT2D eigenvalue weighted by Crippen LogP contribution is -2.28. The lowest BCUT2D eigenvalue weighted by molar-refractivity contribution is 0.0564. The second-order valence-electron chi connectivity index (χ2n) is 3.61. The molecule has 1 aliphatic rings. The lowest BCUT2D eigenvalue weighted by Gasteiger charge is -2.11. The lowest BCUT2D eigenvalue weighted by atomic mass is 10.2. The van der Waals surface area contributed by atoms with E-state index in [2.05, 4.69) is 18.2 Å². The molecule has 0 aromatic carbocycles. The van der Waals surface area contributed by atoms with Crippen molar-refractivity contribution in [2.75, 3.05) is 24.6 Å². The maximum absolute atomic E-state index is 5.69. The third-order valence-electron chi connectivity index (χ3n) is 2.30. The van der Waals surface area contributed by atoms with E-state index < -0.39 is 0 Å². The van der Waals surface area contributed by atoms with E-state index in [0.29, 0.717) is 12.2 Å². The normalized spacial score (nSPS) is 26.3. The van der Waals surface area contributed by atoms with Gasteiger partial charge in [0.25, 0.3) is 0 Å². The fraction of sp³-hybridized carbons (Fsp3) is 0.818. The van der Waals surface area contributed by atoms with Gasteiger partial charge in [0.1, 0.15) is 0 Å². The van der Waals surface area contributed by atoms with Gasteiger partial charge in [0.05, 0.1) is 18.0 Å². The van der Waals surface area contributed by atoms with Crippen LogP contribution in [-0.4, -0.2) is 36.8 Å². The number of hydrogen-bond acceptors (Lipinski definition) is 3. The Morgan fingerprint density at radius 3 is 3.07 bits per heavy atom. The molecule has 0 aromatic rings. The third kappa shape index (κ3) is 4.90. The second-order valence-corrected chi connectivity index (χ2v) is 4.71. The summed E-state index contributed by atoms with van der Waals surface area (Å²) in [6.45, 7) is 4.16.